The van der Waals surface area contributed by atoms with Gasteiger partial charge in [0.25, 0.3) is 0 Å². The predicted molar refractivity (Wildman–Crippen MR) is 105 cm³/mol. The number of fused-ring (bicyclic) bond motifs is 2. The summed E-state index contributed by atoms with van der Waals surface area (Å²) in [5.74, 6) is 1.35. The van der Waals surface area contributed by atoms with Crippen LogP contribution in [-0.2, 0) is 20.9 Å². The highest BCUT2D eigenvalue weighted by atomic mass is 16.5. The quantitative estimate of drug-likeness (QED) is 0.781. The third kappa shape index (κ3) is 3.93. The van der Waals surface area contributed by atoms with Crippen LogP contribution in [0.3, 0.4) is 0 Å². The van der Waals surface area contributed by atoms with Gasteiger partial charge in [-0.3, -0.25) is 14.6 Å². The van der Waals surface area contributed by atoms with Gasteiger partial charge in [-0.1, -0.05) is 0 Å². The Balaban J connectivity index is 1.41. The molecule has 1 unspecified atom stereocenters. The first kappa shape index (κ1) is 19.4. The van der Waals surface area contributed by atoms with Crippen LogP contribution in [0, 0.1) is 23.7 Å². The van der Waals surface area contributed by atoms with Crippen molar-refractivity contribution in [2.24, 2.45) is 23.7 Å². The number of ether oxygens (including phenoxy) is 1. The van der Waals surface area contributed by atoms with Gasteiger partial charge in [-0.2, -0.15) is 0 Å². The summed E-state index contributed by atoms with van der Waals surface area (Å²) in [4.78, 5) is 34.4. The Morgan fingerprint density at radius 3 is 2.36 bits per heavy atom. The van der Waals surface area contributed by atoms with Gasteiger partial charge < -0.3 is 14.5 Å². The number of carbonyl (C=O) groups is 2. The van der Waals surface area contributed by atoms with Gasteiger partial charge in [0.1, 0.15) is 0 Å². The highest BCUT2D eigenvalue weighted by Gasteiger charge is 2.48. The molecule has 1 saturated carbocycles. The molecule has 1 aliphatic carbocycles. The summed E-state index contributed by atoms with van der Waals surface area (Å²) >= 11 is 0. The van der Waals surface area contributed by atoms with E-state index in [-0.39, 0.29) is 23.7 Å². The first-order valence-corrected chi connectivity index (χ1v) is 10.7. The van der Waals surface area contributed by atoms with Crippen molar-refractivity contribution in [3.63, 3.8) is 0 Å². The lowest BCUT2D eigenvalue weighted by molar-refractivity contribution is -0.148. The zero-order valence-electron chi connectivity index (χ0n) is 16.8. The largest absolute Gasteiger partial charge is 0.381 e. The molecule has 1 aromatic heterocycles. The number of hydrogen-bond donors (Lipinski definition) is 0. The van der Waals surface area contributed by atoms with E-state index >= 15 is 0 Å². The summed E-state index contributed by atoms with van der Waals surface area (Å²) < 4.78 is 5.40. The first-order valence-electron chi connectivity index (χ1n) is 10.7. The van der Waals surface area contributed by atoms with E-state index < -0.39 is 0 Å². The molecule has 152 valence electrons. The van der Waals surface area contributed by atoms with Gasteiger partial charge in [0.15, 0.2) is 0 Å². The van der Waals surface area contributed by atoms with E-state index in [1.165, 1.54) is 0 Å². The van der Waals surface area contributed by atoms with Crippen LogP contribution in [0.5, 0.6) is 0 Å². The Hall–Kier alpha value is -1.95. The smallest absolute Gasteiger partial charge is 0.226 e. The fourth-order valence-electron chi connectivity index (χ4n) is 5.27. The van der Waals surface area contributed by atoms with Crippen LogP contribution in [0.2, 0.25) is 0 Å². The number of nitrogens with zero attached hydrogens (tertiary/aromatic N) is 3. The average Bonchev–Trinajstić information content (AvgIpc) is 3.01. The first-order chi connectivity index (χ1) is 13.7. The number of likely N-dealkylation sites (tertiary alicyclic amines) is 1. The van der Waals surface area contributed by atoms with Gasteiger partial charge in [-0.15, -0.1) is 0 Å². The van der Waals surface area contributed by atoms with Crippen molar-refractivity contribution in [2.45, 2.75) is 39.2 Å². The number of pyridine rings is 1. The van der Waals surface area contributed by atoms with E-state index in [1.54, 1.807) is 12.4 Å². The highest BCUT2D eigenvalue weighted by molar-refractivity contribution is 5.82. The Morgan fingerprint density at radius 2 is 1.75 bits per heavy atom. The lowest BCUT2D eigenvalue weighted by Gasteiger charge is -2.40. The van der Waals surface area contributed by atoms with Crippen molar-refractivity contribution in [1.29, 1.82) is 0 Å². The van der Waals surface area contributed by atoms with Gasteiger partial charge >= 0.3 is 0 Å². The zero-order valence-corrected chi connectivity index (χ0v) is 16.8. The molecule has 2 bridgehead atoms. The molecule has 6 nitrogen and oxygen atoms in total. The molecule has 6 heteroatoms. The molecule has 3 heterocycles. The third-order valence-corrected chi connectivity index (χ3v) is 6.82. The molecule has 0 aromatic carbocycles. The van der Waals surface area contributed by atoms with Crippen molar-refractivity contribution in [3.05, 3.63) is 30.1 Å². The number of hydrogen-bond acceptors (Lipinski definition) is 4. The van der Waals surface area contributed by atoms with Gasteiger partial charge in [-0.05, 0) is 62.1 Å². The Kier molecular flexibility index (Phi) is 5.95. The molecule has 28 heavy (non-hydrogen) atoms. The van der Waals surface area contributed by atoms with E-state index in [1.807, 2.05) is 24.0 Å². The summed E-state index contributed by atoms with van der Waals surface area (Å²) in [5.41, 5.74) is 1.12. The van der Waals surface area contributed by atoms with Crippen molar-refractivity contribution in [1.82, 2.24) is 14.8 Å². The number of piperidine rings is 1. The van der Waals surface area contributed by atoms with Gasteiger partial charge in [0, 0.05) is 63.6 Å². The van der Waals surface area contributed by atoms with E-state index in [9.17, 15) is 9.59 Å². The third-order valence-electron chi connectivity index (χ3n) is 6.82. The molecule has 3 atom stereocenters. The van der Waals surface area contributed by atoms with Crippen LogP contribution in [-0.4, -0.2) is 59.4 Å². The maximum absolute atomic E-state index is 13.4. The number of amides is 2. The monoisotopic (exact) mass is 385 g/mol. The second-order valence-corrected chi connectivity index (χ2v) is 8.46. The summed E-state index contributed by atoms with van der Waals surface area (Å²) in [6.07, 6.45) is 7.34. The van der Waals surface area contributed by atoms with Gasteiger partial charge in [0.2, 0.25) is 11.8 Å². The minimum Gasteiger partial charge on any atom is -0.381 e. The molecule has 0 N–H and O–H groups in total. The van der Waals surface area contributed by atoms with E-state index in [0.29, 0.717) is 38.1 Å². The SMILES string of the molecule is CCN(Cc1ccncc1)C(=O)C1[C@@H]2CC[C@H]1CN(C(=O)C1CCOCC1)C2. The fourth-order valence-corrected chi connectivity index (χ4v) is 5.27. The van der Waals surface area contributed by atoms with Crippen LogP contribution < -0.4 is 0 Å². The molecular formula is C22H31N3O3. The highest BCUT2D eigenvalue weighted by Crippen LogP contribution is 2.43. The van der Waals surface area contributed by atoms with E-state index in [4.69, 9.17) is 4.74 Å². The van der Waals surface area contributed by atoms with Crippen LogP contribution >= 0.6 is 0 Å². The topological polar surface area (TPSA) is 62.7 Å². The maximum Gasteiger partial charge on any atom is 0.226 e. The molecule has 1 aromatic rings. The summed E-state index contributed by atoms with van der Waals surface area (Å²) in [6.45, 7) is 6.27. The molecule has 2 aliphatic heterocycles. The summed E-state index contributed by atoms with van der Waals surface area (Å²) in [5, 5.41) is 0. The van der Waals surface area contributed by atoms with Crippen molar-refractivity contribution in [3.8, 4) is 0 Å². The van der Waals surface area contributed by atoms with E-state index in [2.05, 4.69) is 9.88 Å². The van der Waals surface area contributed by atoms with Gasteiger partial charge in [0.05, 0.1) is 0 Å². The van der Waals surface area contributed by atoms with Crippen LogP contribution in [0.4, 0.5) is 0 Å². The number of carbonyl (C=O) groups excluding carboxylic acids is 2. The fraction of sp³-hybridized carbons (Fsp3) is 0.682. The number of aromatic nitrogens is 1. The second kappa shape index (κ2) is 8.60. The maximum atomic E-state index is 13.4. The minimum absolute atomic E-state index is 0.0699. The molecule has 3 aliphatic rings. The van der Waals surface area contributed by atoms with Crippen LogP contribution in [0.1, 0.15) is 38.2 Å². The molecule has 4 rings (SSSR count). The van der Waals surface area contributed by atoms with E-state index in [0.717, 1.165) is 44.3 Å². The van der Waals surface area contributed by atoms with Crippen molar-refractivity contribution >= 4 is 11.8 Å². The molecule has 2 saturated heterocycles. The lowest BCUT2D eigenvalue weighted by atomic mass is 9.83. The minimum atomic E-state index is 0.0699. The molecule has 0 spiro atoms. The summed E-state index contributed by atoms with van der Waals surface area (Å²) in [6, 6.07) is 3.94. The molecule has 2 amide bonds. The normalized spacial score (nSPS) is 27.6. The number of rotatable bonds is 5. The molecule has 0 radical (unpaired) electrons. The molecule has 3 fully saturated rings. The summed E-state index contributed by atoms with van der Waals surface area (Å²) in [7, 11) is 0. The zero-order chi connectivity index (χ0) is 19.5. The van der Waals surface area contributed by atoms with Crippen molar-refractivity contribution in [2.75, 3.05) is 32.8 Å². The predicted octanol–water partition coefficient (Wildman–Crippen LogP) is 2.34. The Labute approximate surface area is 167 Å². The standard InChI is InChI=1S/C22H31N3O3/c1-2-24(13-16-5-9-23-10-6-16)22(27)20-18-3-4-19(20)15-25(14-18)21(26)17-7-11-28-12-8-17/h5-6,9-10,17-20H,2-4,7-8,11-15H2,1H3/t18-,19+,20?. The van der Waals surface area contributed by atoms with Crippen LogP contribution in [0.15, 0.2) is 24.5 Å². The molecular weight excluding hydrogens is 354 g/mol. The second-order valence-electron chi connectivity index (χ2n) is 8.46. The average molecular weight is 386 g/mol. The van der Waals surface area contributed by atoms with Gasteiger partial charge in [-0.25, -0.2) is 0 Å². The Morgan fingerprint density at radius 1 is 1.11 bits per heavy atom. The van der Waals surface area contributed by atoms with Crippen LogP contribution in [0.25, 0.3) is 0 Å². The van der Waals surface area contributed by atoms with Crippen molar-refractivity contribution < 1.29 is 14.3 Å². The lowest BCUT2D eigenvalue weighted by Crippen LogP contribution is -2.52. The Bertz CT molecular complexity index is 676.